The van der Waals surface area contributed by atoms with Crippen molar-refractivity contribution in [1.82, 2.24) is 25.0 Å². The number of amides is 1. The van der Waals surface area contributed by atoms with Crippen LogP contribution in [0.1, 0.15) is 28.9 Å². The Morgan fingerprint density at radius 2 is 2.04 bits per heavy atom. The van der Waals surface area contributed by atoms with Crippen LogP contribution in [-0.2, 0) is 0 Å². The zero-order valence-corrected chi connectivity index (χ0v) is 12.7. The number of nitrogens with zero attached hydrogens (tertiary/aromatic N) is 5. The Morgan fingerprint density at radius 3 is 2.76 bits per heavy atom. The molecule has 0 aromatic carbocycles. The third kappa shape index (κ3) is 2.86. The summed E-state index contributed by atoms with van der Waals surface area (Å²) in [7, 11) is 0. The van der Waals surface area contributed by atoms with Crippen molar-refractivity contribution < 1.29 is 22.5 Å². The van der Waals surface area contributed by atoms with Gasteiger partial charge in [0.2, 0.25) is 17.5 Å². The number of carbonyl (C=O) groups is 1. The minimum Gasteiger partial charge on any atom is -0.459 e. The van der Waals surface area contributed by atoms with Gasteiger partial charge in [-0.2, -0.15) is 4.98 Å². The van der Waals surface area contributed by atoms with E-state index in [1.54, 1.807) is 6.07 Å². The van der Waals surface area contributed by atoms with Gasteiger partial charge in [0.25, 0.3) is 11.8 Å². The number of hydrogen-bond acceptors (Lipinski definition) is 7. The van der Waals surface area contributed by atoms with Crippen molar-refractivity contribution in [3.05, 3.63) is 48.5 Å². The SMILES string of the molecule is O=C(c1ccco1)N1CC(F)(F)C[C@H]1c1nc(-c2ncccn2)no1. The lowest BCUT2D eigenvalue weighted by molar-refractivity contribution is 0.0113. The summed E-state index contributed by atoms with van der Waals surface area (Å²) in [5.41, 5.74) is 0. The zero-order valence-electron chi connectivity index (χ0n) is 12.7. The lowest BCUT2D eigenvalue weighted by atomic mass is 10.2. The molecule has 0 radical (unpaired) electrons. The van der Waals surface area contributed by atoms with Crippen molar-refractivity contribution in [3.63, 3.8) is 0 Å². The number of furan rings is 1. The molecule has 0 spiro atoms. The number of aromatic nitrogens is 4. The smallest absolute Gasteiger partial charge is 0.290 e. The predicted octanol–water partition coefficient (Wildman–Crippen LogP) is 2.34. The normalized spacial score (nSPS) is 19.3. The fourth-order valence-corrected chi connectivity index (χ4v) is 2.67. The van der Waals surface area contributed by atoms with Crippen LogP contribution in [0.25, 0.3) is 11.6 Å². The number of hydrogen-bond donors (Lipinski definition) is 0. The lowest BCUT2D eigenvalue weighted by Gasteiger charge is -2.19. The summed E-state index contributed by atoms with van der Waals surface area (Å²) in [4.78, 5) is 25.4. The maximum atomic E-state index is 13.9. The number of alkyl halides is 2. The first-order chi connectivity index (χ1) is 12.0. The third-order valence-corrected chi connectivity index (χ3v) is 3.76. The highest BCUT2D eigenvalue weighted by Gasteiger charge is 2.50. The van der Waals surface area contributed by atoms with Crippen molar-refractivity contribution in [3.8, 4) is 11.6 Å². The molecule has 128 valence electrons. The first kappa shape index (κ1) is 15.4. The van der Waals surface area contributed by atoms with Crippen molar-refractivity contribution in [2.75, 3.05) is 6.54 Å². The van der Waals surface area contributed by atoms with Crippen LogP contribution >= 0.6 is 0 Å². The first-order valence-electron chi connectivity index (χ1n) is 7.37. The molecular weight excluding hydrogens is 336 g/mol. The zero-order chi connectivity index (χ0) is 17.4. The molecule has 1 atom stereocenters. The highest BCUT2D eigenvalue weighted by molar-refractivity contribution is 5.92. The van der Waals surface area contributed by atoms with E-state index in [4.69, 9.17) is 8.94 Å². The van der Waals surface area contributed by atoms with Gasteiger partial charge < -0.3 is 13.8 Å². The molecule has 4 heterocycles. The summed E-state index contributed by atoms with van der Waals surface area (Å²) in [5, 5.41) is 3.72. The standard InChI is InChI=1S/C15H11F2N5O3/c16-15(17)7-9(22(8-15)14(23)10-3-1-6-24-10)13-20-12(21-25-13)11-18-4-2-5-19-11/h1-6,9H,7-8H2/t9-/m0/s1. The molecule has 1 aliphatic heterocycles. The third-order valence-electron chi connectivity index (χ3n) is 3.76. The van der Waals surface area contributed by atoms with E-state index in [0.717, 1.165) is 4.90 Å². The molecule has 0 saturated carbocycles. The molecule has 1 amide bonds. The molecule has 3 aromatic heterocycles. The van der Waals surface area contributed by atoms with Gasteiger partial charge in [-0.15, -0.1) is 0 Å². The summed E-state index contributed by atoms with van der Waals surface area (Å²) >= 11 is 0. The van der Waals surface area contributed by atoms with Gasteiger partial charge in [-0.1, -0.05) is 5.16 Å². The molecule has 0 aliphatic carbocycles. The van der Waals surface area contributed by atoms with Gasteiger partial charge in [0.15, 0.2) is 5.76 Å². The molecule has 10 heteroatoms. The molecular formula is C15H11F2N5O3. The summed E-state index contributed by atoms with van der Waals surface area (Å²) in [6, 6.07) is 3.48. The predicted molar refractivity (Wildman–Crippen MR) is 77.4 cm³/mol. The Hall–Kier alpha value is -3.17. The van der Waals surface area contributed by atoms with Gasteiger partial charge in [-0.05, 0) is 18.2 Å². The molecule has 4 rings (SSSR count). The minimum atomic E-state index is -3.06. The Labute approximate surface area is 139 Å². The van der Waals surface area contributed by atoms with Crippen molar-refractivity contribution in [2.24, 2.45) is 0 Å². The van der Waals surface area contributed by atoms with E-state index in [1.807, 2.05) is 0 Å². The summed E-state index contributed by atoms with van der Waals surface area (Å²) in [5.74, 6) is -3.59. The van der Waals surface area contributed by atoms with E-state index in [-0.39, 0.29) is 23.3 Å². The van der Waals surface area contributed by atoms with Crippen LogP contribution in [0, 0.1) is 0 Å². The second kappa shape index (κ2) is 5.72. The van der Waals surface area contributed by atoms with Crippen molar-refractivity contribution >= 4 is 5.91 Å². The van der Waals surface area contributed by atoms with Gasteiger partial charge in [0.1, 0.15) is 6.04 Å². The Balaban J connectivity index is 1.65. The average Bonchev–Trinajstić information content (AvgIpc) is 3.34. The van der Waals surface area contributed by atoms with Crippen LogP contribution in [0.2, 0.25) is 0 Å². The van der Waals surface area contributed by atoms with Crippen LogP contribution in [0.5, 0.6) is 0 Å². The van der Waals surface area contributed by atoms with E-state index in [1.165, 1.54) is 30.8 Å². The number of halogens is 2. The van der Waals surface area contributed by atoms with Gasteiger partial charge >= 0.3 is 0 Å². The number of carbonyl (C=O) groups excluding carboxylic acids is 1. The number of rotatable bonds is 3. The van der Waals surface area contributed by atoms with Crippen LogP contribution in [0.4, 0.5) is 8.78 Å². The quantitative estimate of drug-likeness (QED) is 0.717. The monoisotopic (exact) mass is 347 g/mol. The van der Waals surface area contributed by atoms with Gasteiger partial charge in [-0.25, -0.2) is 18.7 Å². The lowest BCUT2D eigenvalue weighted by Crippen LogP contribution is -2.32. The molecule has 1 fully saturated rings. The molecule has 8 nitrogen and oxygen atoms in total. The molecule has 1 aliphatic rings. The van der Waals surface area contributed by atoms with E-state index in [2.05, 4.69) is 20.1 Å². The minimum absolute atomic E-state index is 0.0335. The van der Waals surface area contributed by atoms with E-state index < -0.39 is 30.8 Å². The highest BCUT2D eigenvalue weighted by Crippen LogP contribution is 2.41. The molecule has 0 N–H and O–H groups in total. The topological polar surface area (TPSA) is 98.2 Å². The van der Waals surface area contributed by atoms with Crippen molar-refractivity contribution in [2.45, 2.75) is 18.4 Å². The number of likely N-dealkylation sites (tertiary alicyclic amines) is 1. The molecule has 1 saturated heterocycles. The maximum Gasteiger partial charge on any atom is 0.290 e. The first-order valence-corrected chi connectivity index (χ1v) is 7.37. The van der Waals surface area contributed by atoms with Gasteiger partial charge in [0.05, 0.1) is 12.8 Å². The summed E-state index contributed by atoms with van der Waals surface area (Å²) in [6.07, 6.45) is 3.67. The molecule has 0 unspecified atom stereocenters. The van der Waals surface area contributed by atoms with Crippen molar-refractivity contribution in [1.29, 1.82) is 0 Å². The fraction of sp³-hybridized carbons (Fsp3) is 0.267. The maximum absolute atomic E-state index is 13.9. The van der Waals surface area contributed by atoms with Crippen LogP contribution in [-0.4, -0.2) is 43.4 Å². The fourth-order valence-electron chi connectivity index (χ4n) is 2.67. The Kier molecular flexibility index (Phi) is 3.52. The van der Waals surface area contributed by atoms with Crippen LogP contribution in [0.15, 0.2) is 45.8 Å². The van der Waals surface area contributed by atoms with E-state index >= 15 is 0 Å². The molecule has 25 heavy (non-hydrogen) atoms. The Morgan fingerprint density at radius 1 is 1.24 bits per heavy atom. The van der Waals surface area contributed by atoms with E-state index in [9.17, 15) is 13.6 Å². The molecule has 0 bridgehead atoms. The Bertz CT molecular complexity index is 882. The van der Waals surface area contributed by atoms with Gasteiger partial charge in [0, 0.05) is 18.8 Å². The summed E-state index contributed by atoms with van der Waals surface area (Å²) < 4.78 is 38.0. The second-order valence-corrected chi connectivity index (χ2v) is 5.51. The van der Waals surface area contributed by atoms with Gasteiger partial charge in [-0.3, -0.25) is 4.79 Å². The average molecular weight is 347 g/mol. The largest absolute Gasteiger partial charge is 0.459 e. The second-order valence-electron chi connectivity index (χ2n) is 5.51. The summed E-state index contributed by atoms with van der Waals surface area (Å²) in [6.45, 7) is -0.753. The van der Waals surface area contributed by atoms with Crippen LogP contribution < -0.4 is 0 Å². The van der Waals surface area contributed by atoms with Crippen LogP contribution in [0.3, 0.4) is 0 Å². The molecule has 3 aromatic rings. The van der Waals surface area contributed by atoms with E-state index in [0.29, 0.717) is 0 Å². The highest BCUT2D eigenvalue weighted by atomic mass is 19.3.